The first-order valence-electron chi connectivity index (χ1n) is 5.07. The van der Waals surface area contributed by atoms with Gasteiger partial charge in [-0.2, -0.15) is 0 Å². The van der Waals surface area contributed by atoms with Crippen LogP contribution in [-0.2, 0) is 0 Å². The number of carboxylic acids is 1. The van der Waals surface area contributed by atoms with E-state index in [2.05, 4.69) is 22.2 Å². The molecule has 1 aliphatic rings. The van der Waals surface area contributed by atoms with E-state index in [1.54, 1.807) is 0 Å². The summed E-state index contributed by atoms with van der Waals surface area (Å²) >= 11 is 0. The maximum atomic E-state index is 11.6. The van der Waals surface area contributed by atoms with Gasteiger partial charge in [0.1, 0.15) is 0 Å². The first-order chi connectivity index (χ1) is 7.52. The highest BCUT2D eigenvalue weighted by molar-refractivity contribution is 6.02. The molecule has 1 saturated carbocycles. The standard InChI is InChI=1S/C10H13N3O3/c1-10(2-3-10)4-11-8(14)6-7(9(15)16)13-5-12-6/h5H,2-4H2,1H3,(H,11,14)(H,12,13)(H,15,16). The molecule has 0 aliphatic heterocycles. The molecule has 0 saturated heterocycles. The first kappa shape index (κ1) is 10.7. The monoisotopic (exact) mass is 223 g/mol. The molecule has 16 heavy (non-hydrogen) atoms. The van der Waals surface area contributed by atoms with Crippen molar-refractivity contribution in [2.24, 2.45) is 5.41 Å². The Bertz CT molecular complexity index is 434. The van der Waals surface area contributed by atoms with Gasteiger partial charge in [-0.3, -0.25) is 4.79 Å². The summed E-state index contributed by atoms with van der Waals surface area (Å²) < 4.78 is 0. The second-order valence-corrected chi connectivity index (χ2v) is 4.42. The summed E-state index contributed by atoms with van der Waals surface area (Å²) in [5, 5.41) is 11.5. The molecule has 0 unspecified atom stereocenters. The largest absolute Gasteiger partial charge is 0.477 e. The Morgan fingerprint density at radius 2 is 2.31 bits per heavy atom. The molecule has 1 aliphatic carbocycles. The van der Waals surface area contributed by atoms with E-state index in [0.29, 0.717) is 6.54 Å². The number of hydrogen-bond donors (Lipinski definition) is 3. The zero-order valence-corrected chi connectivity index (χ0v) is 8.91. The van der Waals surface area contributed by atoms with Crippen molar-refractivity contribution in [2.75, 3.05) is 6.54 Å². The van der Waals surface area contributed by atoms with E-state index in [1.807, 2.05) is 0 Å². The molecule has 0 spiro atoms. The average Bonchev–Trinajstić information content (AvgIpc) is 2.81. The fraction of sp³-hybridized carbons (Fsp3) is 0.500. The lowest BCUT2D eigenvalue weighted by Crippen LogP contribution is -2.30. The number of aromatic carboxylic acids is 1. The molecular weight excluding hydrogens is 210 g/mol. The van der Waals surface area contributed by atoms with Gasteiger partial charge in [-0.1, -0.05) is 6.92 Å². The lowest BCUT2D eigenvalue weighted by Gasteiger charge is -2.08. The van der Waals surface area contributed by atoms with Crippen molar-refractivity contribution in [1.29, 1.82) is 0 Å². The number of carbonyl (C=O) groups is 2. The first-order valence-corrected chi connectivity index (χ1v) is 5.07. The molecule has 0 aromatic carbocycles. The molecule has 1 amide bonds. The number of carbonyl (C=O) groups excluding carboxylic acids is 1. The van der Waals surface area contributed by atoms with E-state index in [4.69, 9.17) is 5.11 Å². The zero-order chi connectivity index (χ0) is 11.8. The van der Waals surface area contributed by atoms with Crippen LogP contribution < -0.4 is 5.32 Å². The van der Waals surface area contributed by atoms with Crippen LogP contribution in [0.3, 0.4) is 0 Å². The van der Waals surface area contributed by atoms with Crippen molar-refractivity contribution >= 4 is 11.9 Å². The second kappa shape index (κ2) is 3.62. The van der Waals surface area contributed by atoms with E-state index in [9.17, 15) is 9.59 Å². The number of H-pyrrole nitrogens is 1. The van der Waals surface area contributed by atoms with Crippen LogP contribution >= 0.6 is 0 Å². The van der Waals surface area contributed by atoms with Gasteiger partial charge in [0.05, 0.1) is 6.33 Å². The van der Waals surface area contributed by atoms with Crippen LogP contribution in [-0.4, -0.2) is 33.5 Å². The number of hydrogen-bond acceptors (Lipinski definition) is 3. The minimum absolute atomic E-state index is 0.0586. The molecule has 2 rings (SSSR count). The molecule has 6 nitrogen and oxygen atoms in total. The van der Waals surface area contributed by atoms with Gasteiger partial charge < -0.3 is 15.4 Å². The number of nitrogens with zero attached hydrogens (tertiary/aromatic N) is 1. The van der Waals surface area contributed by atoms with Gasteiger partial charge in [0.25, 0.3) is 5.91 Å². The van der Waals surface area contributed by atoms with Crippen molar-refractivity contribution in [1.82, 2.24) is 15.3 Å². The summed E-state index contributed by atoms with van der Waals surface area (Å²) in [6, 6.07) is 0. The smallest absolute Gasteiger partial charge is 0.354 e. The highest BCUT2D eigenvalue weighted by Gasteiger charge is 2.37. The fourth-order valence-corrected chi connectivity index (χ4v) is 1.40. The molecule has 1 fully saturated rings. The van der Waals surface area contributed by atoms with Crippen LogP contribution in [0.1, 0.15) is 40.7 Å². The van der Waals surface area contributed by atoms with Gasteiger partial charge >= 0.3 is 5.97 Å². The molecular formula is C10H13N3O3. The molecule has 6 heteroatoms. The average molecular weight is 223 g/mol. The van der Waals surface area contributed by atoms with Gasteiger partial charge in [-0.25, -0.2) is 9.78 Å². The molecule has 0 atom stereocenters. The Labute approximate surface area is 92.1 Å². The maximum absolute atomic E-state index is 11.6. The molecule has 0 bridgehead atoms. The van der Waals surface area contributed by atoms with E-state index in [1.165, 1.54) is 6.33 Å². The van der Waals surface area contributed by atoms with Gasteiger partial charge in [-0.15, -0.1) is 0 Å². The van der Waals surface area contributed by atoms with Gasteiger partial charge in [0.15, 0.2) is 11.4 Å². The van der Waals surface area contributed by atoms with Crippen LogP contribution in [0.15, 0.2) is 6.33 Å². The number of aromatic nitrogens is 2. The Morgan fingerprint density at radius 1 is 1.62 bits per heavy atom. The molecule has 86 valence electrons. The number of aromatic amines is 1. The van der Waals surface area contributed by atoms with E-state index in [0.717, 1.165) is 12.8 Å². The highest BCUT2D eigenvalue weighted by atomic mass is 16.4. The third-order valence-corrected chi connectivity index (χ3v) is 2.85. The predicted octanol–water partition coefficient (Wildman–Crippen LogP) is 0.638. The topological polar surface area (TPSA) is 95.1 Å². The quantitative estimate of drug-likeness (QED) is 0.698. The lowest BCUT2D eigenvalue weighted by molar-refractivity contribution is 0.0685. The molecule has 1 heterocycles. The molecule has 1 aromatic heterocycles. The summed E-state index contributed by atoms with van der Waals surface area (Å²) in [6.45, 7) is 2.65. The number of amides is 1. The van der Waals surface area contributed by atoms with Crippen molar-refractivity contribution in [3.63, 3.8) is 0 Å². The normalized spacial score (nSPS) is 16.8. The third-order valence-electron chi connectivity index (χ3n) is 2.85. The van der Waals surface area contributed by atoms with Crippen LogP contribution in [0, 0.1) is 5.41 Å². The Balaban J connectivity index is 2.02. The second-order valence-electron chi connectivity index (χ2n) is 4.42. The third kappa shape index (κ3) is 2.05. The lowest BCUT2D eigenvalue weighted by atomic mass is 10.1. The summed E-state index contributed by atoms with van der Waals surface area (Å²) in [7, 11) is 0. The number of rotatable bonds is 4. The van der Waals surface area contributed by atoms with Crippen LogP contribution in [0.5, 0.6) is 0 Å². The number of imidazole rings is 1. The highest BCUT2D eigenvalue weighted by Crippen LogP contribution is 2.44. The van der Waals surface area contributed by atoms with Crippen molar-refractivity contribution in [3.8, 4) is 0 Å². The van der Waals surface area contributed by atoms with Gasteiger partial charge in [0.2, 0.25) is 0 Å². The maximum Gasteiger partial charge on any atom is 0.354 e. The Hall–Kier alpha value is -1.85. The molecule has 3 N–H and O–H groups in total. The van der Waals surface area contributed by atoms with Crippen LogP contribution in [0.4, 0.5) is 0 Å². The summed E-state index contributed by atoms with van der Waals surface area (Å²) in [5.41, 5.74) is -0.0368. The van der Waals surface area contributed by atoms with E-state index in [-0.39, 0.29) is 16.8 Å². The molecule has 0 radical (unpaired) electrons. The Kier molecular flexibility index (Phi) is 2.41. The number of carboxylic acid groups (broad SMARTS) is 1. The minimum atomic E-state index is -1.18. The van der Waals surface area contributed by atoms with Crippen LogP contribution in [0.2, 0.25) is 0 Å². The summed E-state index contributed by atoms with van der Waals surface area (Å²) in [5.74, 6) is -1.62. The van der Waals surface area contributed by atoms with Gasteiger partial charge in [-0.05, 0) is 18.3 Å². The SMILES string of the molecule is CC1(CNC(=O)c2nc[nH]c2C(=O)O)CC1. The van der Waals surface area contributed by atoms with Crippen molar-refractivity contribution in [3.05, 3.63) is 17.7 Å². The van der Waals surface area contributed by atoms with Gasteiger partial charge in [0, 0.05) is 6.54 Å². The molecule has 1 aromatic rings. The zero-order valence-electron chi connectivity index (χ0n) is 8.91. The van der Waals surface area contributed by atoms with E-state index < -0.39 is 11.9 Å². The summed E-state index contributed by atoms with van der Waals surface area (Å²) in [4.78, 5) is 28.5. The Morgan fingerprint density at radius 3 is 2.88 bits per heavy atom. The van der Waals surface area contributed by atoms with Crippen LogP contribution in [0.25, 0.3) is 0 Å². The summed E-state index contributed by atoms with van der Waals surface area (Å²) in [6.07, 6.45) is 3.40. The minimum Gasteiger partial charge on any atom is -0.477 e. The number of nitrogens with one attached hydrogen (secondary N) is 2. The fourth-order valence-electron chi connectivity index (χ4n) is 1.40. The van der Waals surface area contributed by atoms with Crippen molar-refractivity contribution in [2.45, 2.75) is 19.8 Å². The predicted molar refractivity (Wildman–Crippen MR) is 55.2 cm³/mol. The van der Waals surface area contributed by atoms with E-state index >= 15 is 0 Å². The van der Waals surface area contributed by atoms with Crippen molar-refractivity contribution < 1.29 is 14.7 Å².